The van der Waals surface area contributed by atoms with Crippen molar-refractivity contribution in [2.24, 2.45) is 5.92 Å². The van der Waals surface area contributed by atoms with E-state index in [0.29, 0.717) is 35.3 Å². The van der Waals surface area contributed by atoms with Crippen molar-refractivity contribution in [3.8, 4) is 11.5 Å². The second-order valence-corrected chi connectivity index (χ2v) is 12.3. The number of fused-ring (bicyclic) bond motifs is 1. The smallest absolute Gasteiger partial charge is 0.287 e. The fourth-order valence-corrected chi connectivity index (χ4v) is 6.26. The van der Waals surface area contributed by atoms with Gasteiger partial charge in [-0.1, -0.05) is 32.0 Å². The third kappa shape index (κ3) is 6.88. The molecule has 3 aromatic rings. The Hall–Kier alpha value is -3.90. The molecule has 0 bridgehead atoms. The summed E-state index contributed by atoms with van der Waals surface area (Å²) in [5.74, 6) is -0.591. The second kappa shape index (κ2) is 12.7. The van der Waals surface area contributed by atoms with E-state index in [4.69, 9.17) is 13.9 Å². The van der Waals surface area contributed by atoms with Crippen LogP contribution in [0, 0.1) is 5.92 Å². The molecule has 0 unspecified atom stereocenters. The van der Waals surface area contributed by atoms with Crippen molar-refractivity contribution in [3.63, 3.8) is 0 Å². The number of hydrogen-bond acceptors (Lipinski definition) is 8. The van der Waals surface area contributed by atoms with Gasteiger partial charge in [-0.15, -0.1) is 0 Å². The zero-order chi connectivity index (χ0) is 29.7. The maximum atomic E-state index is 13.3. The van der Waals surface area contributed by atoms with Gasteiger partial charge < -0.3 is 24.5 Å². The number of sulfonamides is 1. The van der Waals surface area contributed by atoms with Crippen LogP contribution in [0.25, 0.3) is 11.0 Å². The van der Waals surface area contributed by atoms with Crippen LogP contribution < -0.4 is 20.1 Å². The second-order valence-electron chi connectivity index (χ2n) is 10.3. The quantitative estimate of drug-likeness (QED) is 0.369. The summed E-state index contributed by atoms with van der Waals surface area (Å²) < 4.78 is 43.8. The third-order valence-electron chi connectivity index (χ3n) is 6.90. The highest BCUT2D eigenvalue weighted by Crippen LogP contribution is 2.28. The van der Waals surface area contributed by atoms with E-state index in [2.05, 4.69) is 10.6 Å². The van der Waals surface area contributed by atoms with Gasteiger partial charge in [0.05, 0.1) is 31.7 Å². The van der Waals surface area contributed by atoms with Crippen molar-refractivity contribution in [1.29, 1.82) is 0 Å². The Morgan fingerprint density at radius 3 is 2.56 bits per heavy atom. The lowest BCUT2D eigenvalue weighted by Crippen LogP contribution is -2.52. The minimum absolute atomic E-state index is 0.0231. The molecule has 2 aromatic carbocycles. The largest absolute Gasteiger partial charge is 0.497 e. The average molecular weight is 586 g/mol. The summed E-state index contributed by atoms with van der Waals surface area (Å²) in [6, 6.07) is 11.1. The number of ether oxygens (including phenoxy) is 2. The van der Waals surface area contributed by atoms with E-state index < -0.39 is 39.7 Å². The van der Waals surface area contributed by atoms with E-state index >= 15 is 0 Å². The Bertz CT molecular complexity index is 1530. The maximum absolute atomic E-state index is 13.3. The molecule has 0 radical (unpaired) electrons. The summed E-state index contributed by atoms with van der Waals surface area (Å²) in [6.45, 7) is 3.57. The Balaban J connectivity index is 1.46. The molecule has 1 saturated heterocycles. The number of amides is 2. The minimum Gasteiger partial charge on any atom is -0.497 e. The lowest BCUT2D eigenvalue weighted by Gasteiger charge is -2.23. The first-order valence-corrected chi connectivity index (χ1v) is 14.8. The molecule has 0 aliphatic carbocycles. The summed E-state index contributed by atoms with van der Waals surface area (Å²) in [5, 5.41) is 6.16. The number of benzene rings is 2. The predicted octanol–water partition coefficient (Wildman–Crippen LogP) is 3.13. The third-order valence-corrected chi connectivity index (χ3v) is 8.74. The summed E-state index contributed by atoms with van der Waals surface area (Å²) in [6.07, 6.45) is 0.945. The molecule has 12 heteroatoms. The zero-order valence-corrected chi connectivity index (χ0v) is 24.3. The van der Waals surface area contributed by atoms with Crippen molar-refractivity contribution in [1.82, 2.24) is 14.9 Å². The van der Waals surface area contributed by atoms with E-state index in [1.165, 1.54) is 26.4 Å². The van der Waals surface area contributed by atoms with Crippen molar-refractivity contribution in [2.75, 3.05) is 27.3 Å². The van der Waals surface area contributed by atoms with Gasteiger partial charge in [-0.05, 0) is 49.4 Å². The Labute approximate surface area is 239 Å². The van der Waals surface area contributed by atoms with Gasteiger partial charge in [-0.2, -0.15) is 4.31 Å². The molecule has 1 aliphatic rings. The number of rotatable bonds is 10. The first kappa shape index (κ1) is 30.1. The zero-order valence-electron chi connectivity index (χ0n) is 23.5. The van der Waals surface area contributed by atoms with Crippen LogP contribution in [-0.4, -0.2) is 69.7 Å². The van der Waals surface area contributed by atoms with Crippen LogP contribution in [0.4, 0.5) is 0 Å². The predicted molar refractivity (Wildman–Crippen MR) is 151 cm³/mol. The fourth-order valence-electron chi connectivity index (χ4n) is 4.78. The molecule has 41 heavy (non-hydrogen) atoms. The van der Waals surface area contributed by atoms with E-state index in [9.17, 15) is 22.8 Å². The van der Waals surface area contributed by atoms with E-state index in [1.54, 1.807) is 36.4 Å². The molecule has 4 rings (SSSR count). The highest BCUT2D eigenvalue weighted by Gasteiger charge is 2.34. The number of ketones is 1. The van der Waals surface area contributed by atoms with Gasteiger partial charge in [-0.3, -0.25) is 14.4 Å². The van der Waals surface area contributed by atoms with Gasteiger partial charge in [0.1, 0.15) is 11.8 Å². The lowest BCUT2D eigenvalue weighted by atomic mass is 10.0. The summed E-state index contributed by atoms with van der Waals surface area (Å²) in [5.41, 5.74) is 0.419. The van der Waals surface area contributed by atoms with E-state index in [-0.39, 0.29) is 36.1 Å². The molecule has 2 amide bonds. The van der Waals surface area contributed by atoms with Crippen LogP contribution in [0.1, 0.15) is 43.7 Å². The maximum Gasteiger partial charge on any atom is 0.287 e. The number of hydrogen-bond donors (Lipinski definition) is 2. The highest BCUT2D eigenvalue weighted by molar-refractivity contribution is 7.89. The molecular formula is C29H35N3O8S. The molecule has 2 heterocycles. The number of Topliss-reactive ketones (excluding diaryl/α,β-unsaturated/α-hetero) is 1. The SMILES string of the molecule is COc1cccc(S(=O)(=O)N2CCC[C@H](NC(=O)[C@H](CC(C)C)NC(=O)c3cc4cccc(OC)c4o3)C(=O)C2)c1. The van der Waals surface area contributed by atoms with E-state index in [1.807, 2.05) is 13.8 Å². The Morgan fingerprint density at radius 2 is 1.85 bits per heavy atom. The van der Waals surface area contributed by atoms with Crippen LogP contribution in [-0.2, 0) is 19.6 Å². The molecular weight excluding hydrogens is 550 g/mol. The Morgan fingerprint density at radius 1 is 1.10 bits per heavy atom. The molecule has 11 nitrogen and oxygen atoms in total. The number of furan rings is 1. The van der Waals surface area contributed by atoms with Crippen molar-refractivity contribution in [2.45, 2.75) is 50.1 Å². The Kier molecular flexibility index (Phi) is 9.34. The van der Waals surface area contributed by atoms with E-state index in [0.717, 1.165) is 4.31 Å². The van der Waals surface area contributed by atoms with Crippen LogP contribution in [0.5, 0.6) is 11.5 Å². The first-order valence-electron chi connectivity index (χ1n) is 13.4. The molecule has 2 N–H and O–H groups in total. The molecule has 1 aliphatic heterocycles. The molecule has 220 valence electrons. The lowest BCUT2D eigenvalue weighted by molar-refractivity contribution is -0.129. The van der Waals surface area contributed by atoms with Gasteiger partial charge in [-0.25, -0.2) is 8.42 Å². The topological polar surface area (TPSA) is 144 Å². The number of para-hydroxylation sites is 1. The monoisotopic (exact) mass is 585 g/mol. The van der Waals surface area contributed by atoms with Crippen LogP contribution in [0.15, 0.2) is 57.8 Å². The number of nitrogens with zero attached hydrogens (tertiary/aromatic N) is 1. The standard InChI is InChI=1S/C29H35N3O8S/c1-18(2)14-23(31-29(35)26-15-19-8-5-12-25(39-4)27(19)40-26)28(34)30-22-11-7-13-32(17-24(22)33)41(36,37)21-10-6-9-20(16-21)38-3/h5-6,8-10,12,15-16,18,22-23H,7,11,13-14,17H2,1-4H3,(H,30,34)(H,31,35)/t22-,23-/m0/s1. The molecule has 2 atom stereocenters. The van der Waals surface area contributed by atoms with Gasteiger partial charge in [0.15, 0.2) is 22.9 Å². The van der Waals surface area contributed by atoms with Gasteiger partial charge in [0, 0.05) is 18.0 Å². The van der Waals surface area contributed by atoms with Crippen molar-refractivity contribution >= 4 is 38.6 Å². The number of nitrogens with one attached hydrogen (secondary N) is 2. The minimum atomic E-state index is -3.95. The van der Waals surface area contributed by atoms with Crippen molar-refractivity contribution < 1.29 is 36.7 Å². The number of carbonyl (C=O) groups excluding carboxylic acids is 3. The number of carbonyl (C=O) groups is 3. The molecule has 0 spiro atoms. The van der Waals surface area contributed by atoms with Crippen LogP contribution in [0.2, 0.25) is 0 Å². The van der Waals surface area contributed by atoms with Crippen LogP contribution >= 0.6 is 0 Å². The highest BCUT2D eigenvalue weighted by atomic mass is 32.2. The fraction of sp³-hybridized carbons (Fsp3) is 0.414. The van der Waals surface area contributed by atoms with Gasteiger partial charge >= 0.3 is 0 Å². The molecule has 0 saturated carbocycles. The summed E-state index contributed by atoms with van der Waals surface area (Å²) in [4.78, 5) is 39.6. The molecule has 1 fully saturated rings. The normalized spacial score (nSPS) is 17.2. The van der Waals surface area contributed by atoms with Gasteiger partial charge in [0.25, 0.3) is 5.91 Å². The van der Waals surface area contributed by atoms with Crippen LogP contribution in [0.3, 0.4) is 0 Å². The summed E-state index contributed by atoms with van der Waals surface area (Å²) in [7, 11) is -1.01. The average Bonchev–Trinajstić information content (AvgIpc) is 3.31. The van der Waals surface area contributed by atoms with Crippen molar-refractivity contribution in [3.05, 3.63) is 54.3 Å². The molecule has 1 aromatic heterocycles. The number of methoxy groups -OCH3 is 2. The van der Waals surface area contributed by atoms with Gasteiger partial charge in [0.2, 0.25) is 15.9 Å². The summed E-state index contributed by atoms with van der Waals surface area (Å²) >= 11 is 0. The first-order chi connectivity index (χ1) is 19.5.